The third kappa shape index (κ3) is 6.53. The zero-order valence-electron chi connectivity index (χ0n) is 20.1. The van der Waals surface area contributed by atoms with E-state index in [1.165, 1.54) is 57.4 Å². The zero-order valence-corrected chi connectivity index (χ0v) is 21.3. The minimum absolute atomic E-state index is 0.332. The van der Waals surface area contributed by atoms with Crippen LogP contribution in [0.25, 0.3) is 11.1 Å². The maximum absolute atomic E-state index is 14.8. The van der Waals surface area contributed by atoms with Crippen LogP contribution in [0.2, 0.25) is 18.1 Å². The topological polar surface area (TPSA) is 0 Å². The Morgan fingerprint density at radius 1 is 0.758 bits per heavy atom. The van der Waals surface area contributed by atoms with Gasteiger partial charge in [0.15, 0.2) is 11.6 Å². The number of hydrogen-bond acceptors (Lipinski definition) is 0. The summed E-state index contributed by atoms with van der Waals surface area (Å²) in [5.74, 6) is 0.0251. The van der Waals surface area contributed by atoms with Gasteiger partial charge in [0.05, 0.1) is 0 Å². The maximum atomic E-state index is 14.8. The Bertz CT molecular complexity index is 896. The highest BCUT2D eigenvalue weighted by atomic mass is 28.3. The predicted molar refractivity (Wildman–Crippen MR) is 135 cm³/mol. The molecule has 1 aliphatic heterocycles. The number of hydrogen-bond donors (Lipinski definition) is 0. The summed E-state index contributed by atoms with van der Waals surface area (Å²) >= 11 is 0. The van der Waals surface area contributed by atoms with E-state index in [9.17, 15) is 13.2 Å². The summed E-state index contributed by atoms with van der Waals surface area (Å²) in [6, 6.07) is 13.6. The van der Waals surface area contributed by atoms with Gasteiger partial charge in [-0.15, -0.1) is 0 Å². The van der Waals surface area contributed by atoms with Gasteiger partial charge in [-0.25, -0.2) is 13.2 Å². The predicted octanol–water partition coefficient (Wildman–Crippen LogP) is 9.26. The Labute approximate surface area is 199 Å². The van der Waals surface area contributed by atoms with Crippen LogP contribution >= 0.6 is 0 Å². The van der Waals surface area contributed by atoms with Crippen LogP contribution in [0.5, 0.6) is 0 Å². The minimum Gasteiger partial charge on any atom is -0.206 e. The monoisotopic (exact) mass is 472 g/mol. The molecular formula is C29H39F3Si. The molecule has 2 aromatic carbocycles. The van der Waals surface area contributed by atoms with E-state index in [2.05, 4.69) is 6.92 Å². The van der Waals surface area contributed by atoms with Crippen LogP contribution < -0.4 is 0 Å². The summed E-state index contributed by atoms with van der Waals surface area (Å²) in [5.41, 5.74) is 1.76. The van der Waals surface area contributed by atoms with Crippen LogP contribution in [-0.2, 0) is 0 Å². The number of benzene rings is 2. The molecule has 0 radical (unpaired) electrons. The molecule has 1 saturated heterocycles. The van der Waals surface area contributed by atoms with Gasteiger partial charge in [-0.1, -0.05) is 81.8 Å². The first-order valence-electron chi connectivity index (χ1n) is 13.3. The summed E-state index contributed by atoms with van der Waals surface area (Å²) in [7, 11) is -0.384. The van der Waals surface area contributed by atoms with E-state index >= 15 is 0 Å². The molecular weight excluding hydrogens is 433 g/mol. The fraction of sp³-hybridized carbons (Fsp3) is 0.586. The largest absolute Gasteiger partial charge is 0.206 e. The van der Waals surface area contributed by atoms with Crippen LogP contribution in [0.15, 0.2) is 36.4 Å². The van der Waals surface area contributed by atoms with Gasteiger partial charge in [0.2, 0.25) is 0 Å². The Balaban J connectivity index is 1.24. The second kappa shape index (κ2) is 11.7. The van der Waals surface area contributed by atoms with Gasteiger partial charge in [-0.05, 0) is 72.8 Å². The molecule has 0 unspecified atom stereocenters. The molecule has 1 heterocycles. The van der Waals surface area contributed by atoms with Crippen molar-refractivity contribution < 1.29 is 13.2 Å². The van der Waals surface area contributed by atoms with E-state index in [4.69, 9.17) is 0 Å². The maximum Gasteiger partial charge on any atom is 0.159 e. The Morgan fingerprint density at radius 3 is 2.09 bits per heavy atom. The molecule has 0 N–H and O–H groups in total. The lowest BCUT2D eigenvalue weighted by Gasteiger charge is -2.32. The zero-order chi connectivity index (χ0) is 23.2. The lowest BCUT2D eigenvalue weighted by molar-refractivity contribution is 0.280. The summed E-state index contributed by atoms with van der Waals surface area (Å²) in [6.45, 7) is 2.32. The SMILES string of the molecule is CCCC[SiH]1CCC(CC[C@H]2CC[C@H](c3ccc(-c4ccc(F)c(F)c4)c(F)c3)CC2)CC1. The molecule has 2 aromatic rings. The van der Waals surface area contributed by atoms with Crippen LogP contribution in [0, 0.1) is 29.3 Å². The third-order valence-corrected chi connectivity index (χ3v) is 12.0. The molecule has 0 aromatic heterocycles. The highest BCUT2D eigenvalue weighted by Gasteiger charge is 2.26. The number of halogens is 3. The fourth-order valence-electron chi connectivity index (χ4n) is 6.24. The molecule has 0 nitrogen and oxygen atoms in total. The highest BCUT2D eigenvalue weighted by molar-refractivity contribution is 6.58. The summed E-state index contributed by atoms with van der Waals surface area (Å²) in [4.78, 5) is 0. The van der Waals surface area contributed by atoms with Crippen molar-refractivity contribution in [3.05, 3.63) is 59.4 Å². The van der Waals surface area contributed by atoms with Crippen molar-refractivity contribution >= 4 is 8.80 Å². The first-order valence-corrected chi connectivity index (χ1v) is 15.7. The number of rotatable bonds is 8. The highest BCUT2D eigenvalue weighted by Crippen LogP contribution is 2.40. The van der Waals surface area contributed by atoms with Crippen molar-refractivity contribution in [3.8, 4) is 11.1 Å². The molecule has 0 bridgehead atoms. The quantitative estimate of drug-likeness (QED) is 0.336. The van der Waals surface area contributed by atoms with E-state index in [1.807, 2.05) is 6.07 Å². The van der Waals surface area contributed by atoms with Gasteiger partial charge in [0, 0.05) is 14.4 Å². The minimum atomic E-state index is -0.944. The molecule has 33 heavy (non-hydrogen) atoms. The van der Waals surface area contributed by atoms with Crippen molar-refractivity contribution in [3.63, 3.8) is 0 Å². The first-order chi connectivity index (χ1) is 16.0. The van der Waals surface area contributed by atoms with E-state index in [1.54, 1.807) is 30.3 Å². The van der Waals surface area contributed by atoms with Gasteiger partial charge < -0.3 is 0 Å². The van der Waals surface area contributed by atoms with Gasteiger partial charge in [-0.2, -0.15) is 0 Å². The fourth-order valence-corrected chi connectivity index (χ4v) is 9.98. The van der Waals surface area contributed by atoms with Crippen LogP contribution in [0.3, 0.4) is 0 Å². The normalized spacial score (nSPS) is 25.8. The van der Waals surface area contributed by atoms with Gasteiger partial charge >= 0.3 is 0 Å². The Hall–Kier alpha value is -1.55. The molecule has 4 rings (SSSR count). The standard InChI is InChI=1S/C29H39F3Si/c1-2-3-16-33-17-14-22(15-18-33)5-4-21-6-8-23(9-7-21)24-10-12-26(28(31)19-24)25-11-13-27(30)29(32)20-25/h10-13,19-23,33H,2-9,14-18H2,1H3/t21-,22?,23-,33?. The van der Waals surface area contributed by atoms with E-state index in [0.29, 0.717) is 17.0 Å². The average Bonchev–Trinajstić information content (AvgIpc) is 2.84. The first kappa shape index (κ1) is 24.6. The van der Waals surface area contributed by atoms with Crippen molar-refractivity contribution in [2.75, 3.05) is 0 Å². The van der Waals surface area contributed by atoms with Crippen LogP contribution in [0.1, 0.15) is 82.6 Å². The molecule has 0 amide bonds. The summed E-state index contributed by atoms with van der Waals surface area (Å²) < 4.78 is 41.6. The Morgan fingerprint density at radius 2 is 1.45 bits per heavy atom. The molecule has 2 aliphatic rings. The second-order valence-electron chi connectivity index (χ2n) is 10.7. The van der Waals surface area contributed by atoms with Crippen molar-refractivity contribution in [1.29, 1.82) is 0 Å². The van der Waals surface area contributed by atoms with Gasteiger partial charge in [0.25, 0.3) is 0 Å². The lowest BCUT2D eigenvalue weighted by Crippen LogP contribution is -2.22. The molecule has 4 heteroatoms. The molecule has 0 spiro atoms. The number of unbranched alkanes of at least 4 members (excludes halogenated alkanes) is 1. The van der Waals surface area contributed by atoms with Crippen molar-refractivity contribution in [2.24, 2.45) is 11.8 Å². The van der Waals surface area contributed by atoms with Gasteiger partial charge in [0.1, 0.15) is 5.82 Å². The molecule has 1 aliphatic carbocycles. The molecule has 1 saturated carbocycles. The van der Waals surface area contributed by atoms with Crippen molar-refractivity contribution in [1.82, 2.24) is 0 Å². The van der Waals surface area contributed by atoms with Crippen molar-refractivity contribution in [2.45, 2.75) is 95.2 Å². The van der Waals surface area contributed by atoms with Crippen LogP contribution in [0.4, 0.5) is 13.2 Å². The van der Waals surface area contributed by atoms with E-state index < -0.39 is 11.6 Å². The Kier molecular flexibility index (Phi) is 8.73. The molecule has 2 fully saturated rings. The van der Waals surface area contributed by atoms with Gasteiger partial charge in [-0.3, -0.25) is 0 Å². The van der Waals surface area contributed by atoms with E-state index in [0.717, 1.165) is 42.4 Å². The third-order valence-electron chi connectivity index (χ3n) is 8.46. The second-order valence-corrected chi connectivity index (χ2v) is 14.2. The van der Waals surface area contributed by atoms with Crippen LogP contribution in [-0.4, -0.2) is 8.80 Å². The molecule has 0 atom stereocenters. The van der Waals surface area contributed by atoms with E-state index in [-0.39, 0.29) is 14.6 Å². The lowest BCUT2D eigenvalue weighted by atomic mass is 9.76. The average molecular weight is 473 g/mol. The summed E-state index contributed by atoms with van der Waals surface area (Å²) in [6.07, 6.45) is 13.4. The molecule has 180 valence electrons. The smallest absolute Gasteiger partial charge is 0.159 e. The summed E-state index contributed by atoms with van der Waals surface area (Å²) in [5, 5.41) is 0.